The molecule has 110 valence electrons. The lowest BCUT2D eigenvalue weighted by molar-refractivity contribution is -0.130. The van der Waals surface area contributed by atoms with Gasteiger partial charge in [0.2, 0.25) is 0 Å². The van der Waals surface area contributed by atoms with Crippen LogP contribution in [0.4, 0.5) is 9.18 Å². The number of benzene rings is 1. The first-order valence-electron chi connectivity index (χ1n) is 6.95. The third-order valence-corrected chi connectivity index (χ3v) is 4.18. The van der Waals surface area contributed by atoms with Gasteiger partial charge in [-0.3, -0.25) is 14.5 Å². The number of halogens is 1. The average molecular weight is 290 g/mol. The van der Waals surface area contributed by atoms with Crippen LogP contribution in [-0.2, 0) is 4.79 Å². The molecule has 0 aromatic heterocycles. The van der Waals surface area contributed by atoms with Crippen molar-refractivity contribution in [2.75, 3.05) is 6.54 Å². The van der Waals surface area contributed by atoms with Crippen molar-refractivity contribution in [1.29, 1.82) is 0 Å². The highest BCUT2D eigenvalue weighted by atomic mass is 19.1. The highest BCUT2D eigenvalue weighted by molar-refractivity contribution is 6.11. The minimum atomic E-state index is -0.841. The fraction of sp³-hybridized carbons (Fsp3) is 0.400. The number of hydrogen-bond acceptors (Lipinski definition) is 3. The molecule has 21 heavy (non-hydrogen) atoms. The number of rotatable bonds is 3. The van der Waals surface area contributed by atoms with Gasteiger partial charge < -0.3 is 5.32 Å². The van der Waals surface area contributed by atoms with Crippen LogP contribution in [0, 0.1) is 5.82 Å². The van der Waals surface area contributed by atoms with Gasteiger partial charge in [-0.05, 0) is 25.0 Å². The molecule has 3 amide bonds. The number of imide groups is 1. The molecule has 1 aromatic rings. The van der Waals surface area contributed by atoms with Crippen LogP contribution >= 0.6 is 0 Å². The molecular formula is C15H15FN2O3. The zero-order valence-electron chi connectivity index (χ0n) is 11.4. The Morgan fingerprint density at radius 1 is 1.24 bits per heavy atom. The number of hydrogen-bond donors (Lipinski definition) is 1. The molecular weight excluding hydrogens is 275 g/mol. The van der Waals surface area contributed by atoms with Gasteiger partial charge in [-0.15, -0.1) is 0 Å². The molecule has 2 aliphatic rings. The molecule has 0 unspecified atom stereocenters. The van der Waals surface area contributed by atoms with E-state index in [1.54, 1.807) is 6.07 Å². The van der Waals surface area contributed by atoms with Crippen molar-refractivity contribution in [1.82, 2.24) is 10.2 Å². The Kier molecular flexibility index (Phi) is 3.23. The molecule has 1 aliphatic heterocycles. The number of nitrogens with zero attached hydrogens (tertiary/aromatic N) is 1. The number of urea groups is 1. The number of ketones is 1. The normalized spacial score (nSPS) is 20.1. The highest BCUT2D eigenvalue weighted by Crippen LogP contribution is 2.35. The highest BCUT2D eigenvalue weighted by Gasteiger charge is 2.52. The van der Waals surface area contributed by atoms with E-state index in [9.17, 15) is 18.8 Å². The van der Waals surface area contributed by atoms with Crippen LogP contribution < -0.4 is 5.32 Å². The lowest BCUT2D eigenvalue weighted by Gasteiger charge is -2.19. The first kappa shape index (κ1) is 13.7. The molecule has 3 rings (SSSR count). The lowest BCUT2D eigenvalue weighted by Crippen LogP contribution is -2.44. The fourth-order valence-electron chi connectivity index (χ4n) is 3.05. The molecule has 0 atom stereocenters. The molecule has 1 aliphatic carbocycles. The molecule has 5 nitrogen and oxygen atoms in total. The monoisotopic (exact) mass is 290 g/mol. The van der Waals surface area contributed by atoms with Gasteiger partial charge in [0.05, 0.1) is 12.1 Å². The van der Waals surface area contributed by atoms with E-state index in [1.807, 2.05) is 0 Å². The predicted molar refractivity (Wildman–Crippen MR) is 72.2 cm³/mol. The summed E-state index contributed by atoms with van der Waals surface area (Å²) in [5.41, 5.74) is -0.947. The Hall–Kier alpha value is -2.24. The molecule has 1 heterocycles. The van der Waals surface area contributed by atoms with E-state index in [1.165, 1.54) is 18.2 Å². The predicted octanol–water partition coefficient (Wildman–Crippen LogP) is 1.87. The molecule has 1 N–H and O–H groups in total. The van der Waals surface area contributed by atoms with Gasteiger partial charge in [0, 0.05) is 0 Å². The van der Waals surface area contributed by atoms with E-state index in [2.05, 4.69) is 5.32 Å². The zero-order valence-corrected chi connectivity index (χ0v) is 11.4. The average Bonchev–Trinajstić information content (AvgIpc) is 3.01. The minimum absolute atomic E-state index is 0.106. The Balaban J connectivity index is 1.79. The molecule has 2 fully saturated rings. The molecule has 0 bridgehead atoms. The van der Waals surface area contributed by atoms with Crippen LogP contribution in [0.5, 0.6) is 0 Å². The maximum Gasteiger partial charge on any atom is 0.325 e. The van der Waals surface area contributed by atoms with Gasteiger partial charge >= 0.3 is 6.03 Å². The van der Waals surface area contributed by atoms with Crippen molar-refractivity contribution >= 4 is 17.7 Å². The summed E-state index contributed by atoms with van der Waals surface area (Å²) in [6, 6.07) is 4.99. The van der Waals surface area contributed by atoms with Gasteiger partial charge in [-0.2, -0.15) is 0 Å². The maximum atomic E-state index is 13.6. The second-order valence-electron chi connectivity index (χ2n) is 5.51. The standard InChI is InChI=1S/C15H15FN2O3/c16-11-6-2-1-5-10(11)12(19)9-18-13(20)15(17-14(18)21)7-3-4-8-15/h1-2,5-6H,3-4,7-9H2,(H,17,21). The Bertz CT molecular complexity index is 623. The first-order chi connectivity index (χ1) is 10.0. The van der Waals surface area contributed by atoms with E-state index >= 15 is 0 Å². The van der Waals surface area contributed by atoms with Crippen LogP contribution in [0.2, 0.25) is 0 Å². The maximum absolute atomic E-state index is 13.6. The Morgan fingerprint density at radius 2 is 1.90 bits per heavy atom. The van der Waals surface area contributed by atoms with Gasteiger partial charge in [0.25, 0.3) is 5.91 Å². The van der Waals surface area contributed by atoms with E-state index < -0.39 is 29.7 Å². The quantitative estimate of drug-likeness (QED) is 0.682. The van der Waals surface area contributed by atoms with Crippen molar-refractivity contribution in [3.05, 3.63) is 35.6 Å². The second-order valence-corrected chi connectivity index (χ2v) is 5.51. The number of amides is 3. The van der Waals surface area contributed by atoms with Gasteiger partial charge in [-0.25, -0.2) is 9.18 Å². The van der Waals surface area contributed by atoms with Crippen LogP contribution in [0.1, 0.15) is 36.0 Å². The van der Waals surface area contributed by atoms with Crippen molar-refractivity contribution in [2.45, 2.75) is 31.2 Å². The number of carbonyl (C=O) groups is 3. The smallest absolute Gasteiger partial charge is 0.323 e. The van der Waals surface area contributed by atoms with Gasteiger partial charge in [-0.1, -0.05) is 25.0 Å². The van der Waals surface area contributed by atoms with Crippen LogP contribution in [0.3, 0.4) is 0 Å². The van der Waals surface area contributed by atoms with Gasteiger partial charge in [0.1, 0.15) is 11.4 Å². The van der Waals surface area contributed by atoms with Crippen molar-refractivity contribution < 1.29 is 18.8 Å². The number of nitrogens with one attached hydrogen (secondary N) is 1. The second kappa shape index (κ2) is 4.95. The summed E-state index contributed by atoms with van der Waals surface area (Å²) in [6.45, 7) is -0.423. The van der Waals surface area contributed by atoms with Crippen molar-refractivity contribution in [3.63, 3.8) is 0 Å². The summed E-state index contributed by atoms with van der Waals surface area (Å²) in [6.07, 6.45) is 2.95. The summed E-state index contributed by atoms with van der Waals surface area (Å²) in [7, 11) is 0. The van der Waals surface area contributed by atoms with Crippen LogP contribution in [-0.4, -0.2) is 34.7 Å². The Morgan fingerprint density at radius 3 is 2.57 bits per heavy atom. The lowest BCUT2D eigenvalue weighted by atomic mass is 9.98. The first-order valence-corrected chi connectivity index (χ1v) is 6.95. The third-order valence-electron chi connectivity index (χ3n) is 4.18. The third kappa shape index (κ3) is 2.20. The van der Waals surface area contributed by atoms with E-state index in [4.69, 9.17) is 0 Å². The summed E-state index contributed by atoms with van der Waals surface area (Å²) in [5.74, 6) is -1.59. The van der Waals surface area contributed by atoms with Crippen molar-refractivity contribution in [2.24, 2.45) is 0 Å². The van der Waals surface area contributed by atoms with Crippen molar-refractivity contribution in [3.8, 4) is 0 Å². The largest absolute Gasteiger partial charge is 0.325 e. The molecule has 1 saturated heterocycles. The van der Waals surface area contributed by atoms with Crippen LogP contribution in [0.25, 0.3) is 0 Å². The van der Waals surface area contributed by atoms with Gasteiger partial charge in [0.15, 0.2) is 5.78 Å². The van der Waals surface area contributed by atoms with E-state index in [-0.39, 0.29) is 11.5 Å². The summed E-state index contributed by atoms with van der Waals surface area (Å²) in [5, 5.41) is 2.69. The van der Waals surface area contributed by atoms with E-state index in [0.29, 0.717) is 12.8 Å². The summed E-state index contributed by atoms with van der Waals surface area (Å²) < 4.78 is 13.6. The SMILES string of the molecule is O=C(CN1C(=O)NC2(CCCC2)C1=O)c1ccccc1F. The summed E-state index contributed by atoms with van der Waals surface area (Å²) >= 11 is 0. The molecule has 1 aromatic carbocycles. The molecule has 1 saturated carbocycles. The fourth-order valence-corrected chi connectivity index (χ4v) is 3.05. The Labute approximate surface area is 121 Å². The number of Topliss-reactive ketones (excluding diaryl/α,β-unsaturated/α-hetero) is 1. The minimum Gasteiger partial charge on any atom is -0.323 e. The number of carbonyl (C=O) groups excluding carboxylic acids is 3. The topological polar surface area (TPSA) is 66.5 Å². The molecule has 1 spiro atoms. The molecule has 0 radical (unpaired) electrons. The zero-order chi connectivity index (χ0) is 15.0. The summed E-state index contributed by atoms with van der Waals surface area (Å²) in [4.78, 5) is 37.3. The van der Waals surface area contributed by atoms with Crippen LogP contribution in [0.15, 0.2) is 24.3 Å². The molecule has 6 heteroatoms. The van der Waals surface area contributed by atoms with E-state index in [0.717, 1.165) is 17.7 Å².